The van der Waals surface area contributed by atoms with Gasteiger partial charge in [0.05, 0.1) is 0 Å². The van der Waals surface area contributed by atoms with Crippen LogP contribution in [0.25, 0.3) is 0 Å². The predicted molar refractivity (Wildman–Crippen MR) is 85.6 cm³/mol. The molecule has 0 nitrogen and oxygen atoms in total. The first kappa shape index (κ1) is 13.6. The van der Waals surface area contributed by atoms with E-state index in [9.17, 15) is 0 Å². The predicted octanol–water partition coefficient (Wildman–Crippen LogP) is 6.20. The lowest BCUT2D eigenvalue weighted by molar-refractivity contribution is -0.0603. The van der Waals surface area contributed by atoms with Gasteiger partial charge in [0.2, 0.25) is 0 Å². The Morgan fingerprint density at radius 1 is 0.750 bits per heavy atom. The van der Waals surface area contributed by atoms with Gasteiger partial charge in [-0.3, -0.25) is 0 Å². The summed E-state index contributed by atoms with van der Waals surface area (Å²) in [5.74, 6) is 5.66. The SMILES string of the molecule is CCC12CCCCC1CC1CC3CCCCC3CC1C2. The summed E-state index contributed by atoms with van der Waals surface area (Å²) in [6.45, 7) is 2.50. The van der Waals surface area contributed by atoms with E-state index in [0.717, 1.165) is 35.0 Å². The van der Waals surface area contributed by atoms with Gasteiger partial charge in [-0.05, 0) is 73.5 Å². The van der Waals surface area contributed by atoms with Crippen LogP contribution in [0.4, 0.5) is 0 Å². The summed E-state index contributed by atoms with van der Waals surface area (Å²) in [6.07, 6.45) is 20.5. The summed E-state index contributed by atoms with van der Waals surface area (Å²) in [5.41, 5.74) is 0.793. The average Bonchev–Trinajstić information content (AvgIpc) is 2.50. The van der Waals surface area contributed by atoms with Crippen molar-refractivity contribution in [2.24, 2.45) is 35.0 Å². The third-order valence-electron chi connectivity index (χ3n) is 8.25. The molecule has 0 aromatic heterocycles. The van der Waals surface area contributed by atoms with Gasteiger partial charge < -0.3 is 0 Å². The minimum absolute atomic E-state index is 0.793. The van der Waals surface area contributed by atoms with Gasteiger partial charge >= 0.3 is 0 Å². The van der Waals surface area contributed by atoms with Crippen molar-refractivity contribution in [1.29, 1.82) is 0 Å². The Morgan fingerprint density at radius 2 is 1.45 bits per heavy atom. The zero-order valence-corrected chi connectivity index (χ0v) is 13.6. The maximum atomic E-state index is 2.50. The Hall–Kier alpha value is 0. The minimum atomic E-state index is 0.793. The molecule has 114 valence electrons. The maximum absolute atomic E-state index is 2.50. The van der Waals surface area contributed by atoms with Crippen LogP contribution in [0.5, 0.6) is 0 Å². The fourth-order valence-electron chi connectivity index (χ4n) is 7.12. The standard InChI is InChI=1S/C20H34/c1-2-20-10-6-5-9-19(20)13-17-11-15-7-3-4-8-16(15)12-18(17)14-20/h15-19H,2-14H2,1H3. The molecule has 6 atom stereocenters. The van der Waals surface area contributed by atoms with Crippen molar-refractivity contribution in [1.82, 2.24) is 0 Å². The lowest BCUT2D eigenvalue weighted by Gasteiger charge is -2.56. The zero-order chi connectivity index (χ0) is 13.6. The summed E-state index contributed by atoms with van der Waals surface area (Å²) in [7, 11) is 0. The van der Waals surface area contributed by atoms with E-state index >= 15 is 0 Å². The second-order valence-corrected chi connectivity index (χ2v) is 8.89. The molecule has 4 saturated carbocycles. The quantitative estimate of drug-likeness (QED) is 0.534. The topological polar surface area (TPSA) is 0 Å². The van der Waals surface area contributed by atoms with Crippen LogP contribution < -0.4 is 0 Å². The molecular formula is C20H34. The Morgan fingerprint density at radius 3 is 2.20 bits per heavy atom. The third-order valence-corrected chi connectivity index (χ3v) is 8.25. The lowest BCUT2D eigenvalue weighted by Crippen LogP contribution is -2.46. The molecule has 4 fully saturated rings. The molecule has 4 aliphatic rings. The first-order valence-electron chi connectivity index (χ1n) is 9.81. The second kappa shape index (κ2) is 5.33. The van der Waals surface area contributed by atoms with Gasteiger partial charge in [-0.2, -0.15) is 0 Å². The minimum Gasteiger partial charge on any atom is -0.0648 e. The van der Waals surface area contributed by atoms with E-state index in [1.54, 1.807) is 64.2 Å². The van der Waals surface area contributed by atoms with Crippen molar-refractivity contribution in [2.75, 3.05) is 0 Å². The van der Waals surface area contributed by atoms with Crippen LogP contribution in [-0.4, -0.2) is 0 Å². The summed E-state index contributed by atoms with van der Waals surface area (Å²) in [4.78, 5) is 0. The number of rotatable bonds is 1. The van der Waals surface area contributed by atoms with E-state index in [2.05, 4.69) is 6.92 Å². The van der Waals surface area contributed by atoms with E-state index < -0.39 is 0 Å². The average molecular weight is 274 g/mol. The molecule has 0 amide bonds. The fourth-order valence-corrected chi connectivity index (χ4v) is 7.12. The molecule has 0 radical (unpaired) electrons. The van der Waals surface area contributed by atoms with Crippen LogP contribution in [0, 0.1) is 35.0 Å². The Balaban J connectivity index is 1.52. The van der Waals surface area contributed by atoms with Crippen LogP contribution in [0.1, 0.15) is 90.4 Å². The molecule has 0 aromatic rings. The normalized spacial score (nSPS) is 51.8. The molecule has 0 spiro atoms. The van der Waals surface area contributed by atoms with Crippen molar-refractivity contribution >= 4 is 0 Å². The smallest absolute Gasteiger partial charge is 0.0269 e. The Kier molecular flexibility index (Phi) is 3.63. The van der Waals surface area contributed by atoms with Gasteiger partial charge in [0.1, 0.15) is 0 Å². The van der Waals surface area contributed by atoms with E-state index in [-0.39, 0.29) is 0 Å². The largest absolute Gasteiger partial charge is 0.0648 e. The van der Waals surface area contributed by atoms with Crippen LogP contribution in [0.3, 0.4) is 0 Å². The molecule has 0 heteroatoms. The first-order chi connectivity index (χ1) is 9.81. The van der Waals surface area contributed by atoms with E-state index in [1.165, 1.54) is 19.3 Å². The maximum Gasteiger partial charge on any atom is -0.0269 e. The van der Waals surface area contributed by atoms with Crippen molar-refractivity contribution in [3.05, 3.63) is 0 Å². The molecule has 4 aliphatic carbocycles. The molecule has 20 heavy (non-hydrogen) atoms. The molecule has 0 N–H and O–H groups in total. The van der Waals surface area contributed by atoms with Crippen molar-refractivity contribution in [2.45, 2.75) is 90.4 Å². The summed E-state index contributed by atoms with van der Waals surface area (Å²) >= 11 is 0. The van der Waals surface area contributed by atoms with Crippen LogP contribution in [0.2, 0.25) is 0 Å². The summed E-state index contributed by atoms with van der Waals surface area (Å²) in [5, 5.41) is 0. The molecular weight excluding hydrogens is 240 g/mol. The fraction of sp³-hybridized carbons (Fsp3) is 1.00. The van der Waals surface area contributed by atoms with Crippen molar-refractivity contribution < 1.29 is 0 Å². The van der Waals surface area contributed by atoms with Crippen LogP contribution >= 0.6 is 0 Å². The van der Waals surface area contributed by atoms with E-state index in [1.807, 2.05) is 0 Å². The van der Waals surface area contributed by atoms with Crippen molar-refractivity contribution in [3.8, 4) is 0 Å². The van der Waals surface area contributed by atoms with Gasteiger partial charge in [0, 0.05) is 0 Å². The van der Waals surface area contributed by atoms with Crippen molar-refractivity contribution in [3.63, 3.8) is 0 Å². The highest BCUT2D eigenvalue weighted by molar-refractivity contribution is 5.00. The highest BCUT2D eigenvalue weighted by Crippen LogP contribution is 2.60. The molecule has 0 bridgehead atoms. The summed E-state index contributed by atoms with van der Waals surface area (Å²) < 4.78 is 0. The third kappa shape index (κ3) is 2.17. The lowest BCUT2D eigenvalue weighted by atomic mass is 9.49. The molecule has 6 unspecified atom stereocenters. The second-order valence-electron chi connectivity index (χ2n) is 8.89. The highest BCUT2D eigenvalue weighted by Gasteiger charge is 2.50. The molecule has 0 saturated heterocycles. The van der Waals surface area contributed by atoms with E-state index in [4.69, 9.17) is 0 Å². The van der Waals surface area contributed by atoms with Gasteiger partial charge in [-0.1, -0.05) is 51.9 Å². The van der Waals surface area contributed by atoms with Gasteiger partial charge in [-0.25, -0.2) is 0 Å². The number of fused-ring (bicyclic) bond motifs is 3. The molecule has 0 heterocycles. The van der Waals surface area contributed by atoms with E-state index in [0.29, 0.717) is 0 Å². The van der Waals surface area contributed by atoms with Crippen LogP contribution in [-0.2, 0) is 0 Å². The van der Waals surface area contributed by atoms with Gasteiger partial charge in [0.15, 0.2) is 0 Å². The number of hydrogen-bond donors (Lipinski definition) is 0. The highest BCUT2D eigenvalue weighted by atomic mass is 14.5. The van der Waals surface area contributed by atoms with Gasteiger partial charge in [0.25, 0.3) is 0 Å². The zero-order valence-electron chi connectivity index (χ0n) is 13.6. The molecule has 4 rings (SSSR count). The Bertz CT molecular complexity index is 346. The summed E-state index contributed by atoms with van der Waals surface area (Å²) in [6, 6.07) is 0. The van der Waals surface area contributed by atoms with Gasteiger partial charge in [-0.15, -0.1) is 0 Å². The number of hydrogen-bond acceptors (Lipinski definition) is 0. The monoisotopic (exact) mass is 274 g/mol. The first-order valence-corrected chi connectivity index (χ1v) is 9.81. The Labute approximate surface area is 126 Å². The van der Waals surface area contributed by atoms with Crippen LogP contribution in [0.15, 0.2) is 0 Å². The molecule has 0 aliphatic heterocycles. The molecule has 0 aromatic carbocycles.